The third-order valence-corrected chi connectivity index (χ3v) is 3.28. The molecule has 1 aromatic rings. The summed E-state index contributed by atoms with van der Waals surface area (Å²) in [5.74, 6) is -4.09. The number of halogens is 2. The molecule has 0 aliphatic heterocycles. The number of nitrogens with zero attached hydrogens (tertiary/aromatic N) is 1. The Morgan fingerprint density at radius 1 is 1.19 bits per heavy atom. The molecule has 0 saturated carbocycles. The predicted octanol–water partition coefficient (Wildman–Crippen LogP) is 2.78. The van der Waals surface area contributed by atoms with Gasteiger partial charge in [0.1, 0.15) is 11.6 Å². The third kappa shape index (κ3) is 4.24. The second kappa shape index (κ2) is 7.15. The van der Waals surface area contributed by atoms with Crippen LogP contribution in [0.15, 0.2) is 18.2 Å². The van der Waals surface area contributed by atoms with Crippen molar-refractivity contribution in [3.63, 3.8) is 0 Å². The Morgan fingerprint density at radius 3 is 2.14 bits per heavy atom. The second-order valence-corrected chi connectivity index (χ2v) is 5.13. The fourth-order valence-corrected chi connectivity index (χ4v) is 2.14. The zero-order valence-electron chi connectivity index (χ0n) is 12.3. The van der Waals surface area contributed by atoms with Gasteiger partial charge in [-0.1, -0.05) is 6.07 Å². The Hall–Kier alpha value is -1.98. The quantitative estimate of drug-likeness (QED) is 0.878. The normalized spacial score (nSPS) is 12.3. The Bertz CT molecular complexity index is 511. The van der Waals surface area contributed by atoms with Crippen LogP contribution in [0, 0.1) is 11.6 Å². The van der Waals surface area contributed by atoms with Gasteiger partial charge in [0.05, 0.1) is 12.3 Å². The van der Waals surface area contributed by atoms with Crippen LogP contribution >= 0.6 is 0 Å². The number of hydrogen-bond acceptors (Lipinski definition) is 2. The van der Waals surface area contributed by atoms with Gasteiger partial charge >= 0.3 is 5.97 Å². The summed E-state index contributed by atoms with van der Waals surface area (Å²) in [6.45, 7) is 4.88. The SMILES string of the molecule is CC(C(=O)N(CCC(=O)O)C(C)C)c1c(F)cccc1F. The summed E-state index contributed by atoms with van der Waals surface area (Å²) < 4.78 is 27.5. The Balaban J connectivity index is 3.00. The minimum absolute atomic E-state index is 0.00620. The monoisotopic (exact) mass is 299 g/mol. The highest BCUT2D eigenvalue weighted by Crippen LogP contribution is 2.25. The summed E-state index contributed by atoms with van der Waals surface area (Å²) in [7, 11) is 0. The maximum Gasteiger partial charge on any atom is 0.305 e. The molecule has 0 heterocycles. The molecule has 0 aliphatic carbocycles. The van der Waals surface area contributed by atoms with Gasteiger partial charge in [0.2, 0.25) is 5.91 Å². The van der Waals surface area contributed by atoms with Gasteiger partial charge < -0.3 is 10.0 Å². The van der Waals surface area contributed by atoms with Crippen LogP contribution in [0.3, 0.4) is 0 Å². The number of carboxylic acid groups (broad SMARTS) is 1. The first kappa shape index (κ1) is 17.1. The van der Waals surface area contributed by atoms with Crippen LogP contribution < -0.4 is 0 Å². The lowest BCUT2D eigenvalue weighted by molar-refractivity contribution is -0.139. The fourth-order valence-electron chi connectivity index (χ4n) is 2.14. The molecule has 0 saturated heterocycles. The van der Waals surface area contributed by atoms with E-state index in [4.69, 9.17) is 5.11 Å². The number of carbonyl (C=O) groups is 2. The number of benzene rings is 1. The van der Waals surface area contributed by atoms with Crippen molar-refractivity contribution in [2.75, 3.05) is 6.54 Å². The molecule has 1 amide bonds. The molecule has 0 aliphatic rings. The van der Waals surface area contributed by atoms with Crippen molar-refractivity contribution in [3.8, 4) is 0 Å². The van der Waals surface area contributed by atoms with Crippen LogP contribution in [0.5, 0.6) is 0 Å². The van der Waals surface area contributed by atoms with E-state index >= 15 is 0 Å². The van der Waals surface area contributed by atoms with Crippen molar-refractivity contribution in [2.45, 2.75) is 39.2 Å². The van der Waals surface area contributed by atoms with Gasteiger partial charge in [0, 0.05) is 18.2 Å². The molecular weight excluding hydrogens is 280 g/mol. The first-order valence-corrected chi connectivity index (χ1v) is 6.71. The largest absolute Gasteiger partial charge is 0.481 e. The fraction of sp³-hybridized carbons (Fsp3) is 0.467. The van der Waals surface area contributed by atoms with E-state index in [0.717, 1.165) is 12.1 Å². The van der Waals surface area contributed by atoms with Gasteiger partial charge in [-0.05, 0) is 32.9 Å². The van der Waals surface area contributed by atoms with E-state index in [0.29, 0.717) is 0 Å². The zero-order chi connectivity index (χ0) is 16.2. The van der Waals surface area contributed by atoms with Gasteiger partial charge in [-0.3, -0.25) is 9.59 Å². The molecule has 0 fully saturated rings. The summed E-state index contributed by atoms with van der Waals surface area (Å²) in [6.07, 6.45) is -0.212. The molecule has 1 rings (SSSR count). The smallest absolute Gasteiger partial charge is 0.305 e. The Kier molecular flexibility index (Phi) is 5.81. The van der Waals surface area contributed by atoms with Crippen molar-refractivity contribution < 1.29 is 23.5 Å². The van der Waals surface area contributed by atoms with Crippen molar-refractivity contribution in [3.05, 3.63) is 35.4 Å². The highest BCUT2D eigenvalue weighted by molar-refractivity contribution is 5.84. The minimum atomic E-state index is -1.03. The van der Waals surface area contributed by atoms with E-state index < -0.39 is 29.4 Å². The predicted molar refractivity (Wildman–Crippen MR) is 73.9 cm³/mol. The minimum Gasteiger partial charge on any atom is -0.481 e. The molecule has 0 bridgehead atoms. The molecular formula is C15H19F2NO3. The molecule has 116 valence electrons. The van der Waals surface area contributed by atoms with Crippen LogP contribution in [0.25, 0.3) is 0 Å². The van der Waals surface area contributed by atoms with E-state index in [1.165, 1.54) is 17.9 Å². The number of amides is 1. The van der Waals surface area contributed by atoms with Crippen molar-refractivity contribution in [2.24, 2.45) is 0 Å². The average Bonchev–Trinajstić information content (AvgIpc) is 2.37. The molecule has 6 heteroatoms. The van der Waals surface area contributed by atoms with Crippen LogP contribution in [0.2, 0.25) is 0 Å². The van der Waals surface area contributed by atoms with Crippen LogP contribution in [0.4, 0.5) is 8.78 Å². The molecule has 1 atom stereocenters. The summed E-state index contributed by atoms with van der Waals surface area (Å²) in [4.78, 5) is 24.4. The molecule has 1 aromatic carbocycles. The van der Waals surface area contributed by atoms with Gasteiger partial charge in [-0.15, -0.1) is 0 Å². The van der Waals surface area contributed by atoms with Gasteiger partial charge in [-0.2, -0.15) is 0 Å². The van der Waals surface area contributed by atoms with Gasteiger partial charge in [0.25, 0.3) is 0 Å². The van der Waals surface area contributed by atoms with E-state index in [9.17, 15) is 18.4 Å². The summed E-state index contributed by atoms with van der Waals surface area (Å²) in [6, 6.07) is 3.17. The van der Waals surface area contributed by atoms with Crippen molar-refractivity contribution in [1.29, 1.82) is 0 Å². The second-order valence-electron chi connectivity index (χ2n) is 5.13. The van der Waals surface area contributed by atoms with Crippen molar-refractivity contribution in [1.82, 2.24) is 4.90 Å². The molecule has 21 heavy (non-hydrogen) atoms. The zero-order valence-corrected chi connectivity index (χ0v) is 12.3. The maximum absolute atomic E-state index is 13.7. The summed E-state index contributed by atoms with van der Waals surface area (Å²) >= 11 is 0. The highest BCUT2D eigenvalue weighted by Gasteiger charge is 2.28. The first-order valence-electron chi connectivity index (χ1n) is 6.71. The number of rotatable bonds is 6. The standard InChI is InChI=1S/C15H19F2NO3/c1-9(2)18(8-7-13(19)20)15(21)10(3)14-11(16)5-4-6-12(14)17/h4-6,9-10H,7-8H2,1-3H3,(H,19,20). The molecule has 0 radical (unpaired) electrons. The first-order chi connectivity index (χ1) is 9.75. The molecule has 0 aromatic heterocycles. The molecule has 1 N–H and O–H groups in total. The molecule has 0 spiro atoms. The van der Waals surface area contributed by atoms with E-state index in [1.54, 1.807) is 13.8 Å². The number of carboxylic acids is 1. The lowest BCUT2D eigenvalue weighted by Gasteiger charge is -2.29. The third-order valence-electron chi connectivity index (χ3n) is 3.28. The molecule has 4 nitrogen and oxygen atoms in total. The lowest BCUT2D eigenvalue weighted by Crippen LogP contribution is -2.41. The number of hydrogen-bond donors (Lipinski definition) is 1. The number of aliphatic carboxylic acids is 1. The average molecular weight is 299 g/mol. The van der Waals surface area contributed by atoms with Crippen LogP contribution in [-0.4, -0.2) is 34.5 Å². The Morgan fingerprint density at radius 2 is 1.71 bits per heavy atom. The van der Waals surface area contributed by atoms with Gasteiger partial charge in [-0.25, -0.2) is 8.78 Å². The van der Waals surface area contributed by atoms with Crippen LogP contribution in [0.1, 0.15) is 38.7 Å². The summed E-state index contributed by atoms with van der Waals surface area (Å²) in [5, 5.41) is 8.71. The maximum atomic E-state index is 13.7. The summed E-state index contributed by atoms with van der Waals surface area (Å²) in [5.41, 5.74) is -0.288. The highest BCUT2D eigenvalue weighted by atomic mass is 19.1. The van der Waals surface area contributed by atoms with E-state index in [1.807, 2.05) is 0 Å². The van der Waals surface area contributed by atoms with Gasteiger partial charge in [0.15, 0.2) is 0 Å². The lowest BCUT2D eigenvalue weighted by atomic mass is 9.97. The number of carbonyl (C=O) groups excluding carboxylic acids is 1. The molecule has 1 unspecified atom stereocenters. The Labute approximate surface area is 122 Å². The van der Waals surface area contributed by atoms with E-state index in [-0.39, 0.29) is 24.6 Å². The van der Waals surface area contributed by atoms with Crippen molar-refractivity contribution >= 4 is 11.9 Å². The van der Waals surface area contributed by atoms with Crippen LogP contribution in [-0.2, 0) is 9.59 Å². The van der Waals surface area contributed by atoms with E-state index in [2.05, 4.69) is 0 Å². The topological polar surface area (TPSA) is 57.6 Å².